The number of carbonyl (C=O) groups is 2. The number of benzene rings is 1. The Morgan fingerprint density at radius 3 is 2.76 bits per heavy atom. The minimum Gasteiger partial charge on any atom is -0.454 e. The van der Waals surface area contributed by atoms with E-state index < -0.39 is 0 Å². The molecule has 0 radical (unpaired) electrons. The summed E-state index contributed by atoms with van der Waals surface area (Å²) in [5, 5.41) is 2.92. The van der Waals surface area contributed by atoms with Gasteiger partial charge in [-0.15, -0.1) is 0 Å². The fourth-order valence-corrected chi connectivity index (χ4v) is 3.86. The Bertz CT molecular complexity index is 933. The van der Waals surface area contributed by atoms with E-state index in [1.165, 1.54) is 0 Å². The van der Waals surface area contributed by atoms with Gasteiger partial charge in [0.05, 0.1) is 5.69 Å². The lowest BCUT2D eigenvalue weighted by Gasteiger charge is -2.20. The molecule has 154 valence electrons. The third-order valence-electron chi connectivity index (χ3n) is 5.46. The summed E-state index contributed by atoms with van der Waals surface area (Å²) < 4.78 is 12.6. The van der Waals surface area contributed by atoms with Gasteiger partial charge in [0.25, 0.3) is 11.8 Å². The van der Waals surface area contributed by atoms with Crippen molar-refractivity contribution in [1.82, 2.24) is 19.8 Å². The van der Waals surface area contributed by atoms with Crippen molar-refractivity contribution in [2.45, 2.75) is 46.2 Å². The molecule has 1 N–H and O–H groups in total. The molecular formula is C21H26N4O4. The predicted octanol–water partition coefficient (Wildman–Crippen LogP) is 2.36. The minimum absolute atomic E-state index is 0.101. The quantitative estimate of drug-likeness (QED) is 0.807. The molecule has 0 saturated carbocycles. The Morgan fingerprint density at radius 2 is 1.97 bits per heavy atom. The topological polar surface area (TPSA) is 85.7 Å². The van der Waals surface area contributed by atoms with E-state index in [1.807, 2.05) is 36.6 Å². The van der Waals surface area contributed by atoms with Crippen LogP contribution in [0.3, 0.4) is 0 Å². The van der Waals surface area contributed by atoms with Crippen molar-refractivity contribution in [1.29, 1.82) is 0 Å². The van der Waals surface area contributed by atoms with E-state index in [9.17, 15) is 9.59 Å². The first kappa shape index (κ1) is 19.3. The molecule has 2 amide bonds. The molecule has 0 aliphatic carbocycles. The highest BCUT2D eigenvalue weighted by molar-refractivity contribution is 5.97. The Hall–Kier alpha value is -3.03. The highest BCUT2D eigenvalue weighted by atomic mass is 16.7. The van der Waals surface area contributed by atoms with Gasteiger partial charge in [0.2, 0.25) is 6.79 Å². The summed E-state index contributed by atoms with van der Waals surface area (Å²) >= 11 is 0. The van der Waals surface area contributed by atoms with E-state index in [0.717, 1.165) is 30.5 Å². The lowest BCUT2D eigenvalue weighted by atomic mass is 10.1. The molecule has 8 nitrogen and oxygen atoms in total. The number of amides is 2. The average Bonchev–Trinajstić information content (AvgIpc) is 3.37. The highest BCUT2D eigenvalue weighted by Gasteiger charge is 2.29. The van der Waals surface area contributed by atoms with Crippen LogP contribution in [0.25, 0.3) is 0 Å². The van der Waals surface area contributed by atoms with Crippen LogP contribution >= 0.6 is 0 Å². The van der Waals surface area contributed by atoms with E-state index in [0.29, 0.717) is 49.2 Å². The lowest BCUT2D eigenvalue weighted by Crippen LogP contribution is -2.31. The Morgan fingerprint density at radius 1 is 1.17 bits per heavy atom. The first-order chi connectivity index (χ1) is 14.1. The van der Waals surface area contributed by atoms with Crippen LogP contribution in [-0.4, -0.2) is 46.1 Å². The maximum Gasteiger partial charge on any atom is 0.287 e. The molecule has 0 bridgehead atoms. The summed E-state index contributed by atoms with van der Waals surface area (Å²) in [5.41, 5.74) is 2.20. The second-order valence-corrected chi connectivity index (χ2v) is 7.19. The van der Waals surface area contributed by atoms with Gasteiger partial charge in [0.1, 0.15) is 5.69 Å². The second kappa shape index (κ2) is 8.14. The molecule has 2 aliphatic rings. The molecular weight excluding hydrogens is 372 g/mol. The number of nitrogens with zero attached hydrogens (tertiary/aromatic N) is 3. The van der Waals surface area contributed by atoms with Gasteiger partial charge >= 0.3 is 0 Å². The number of fused-ring (bicyclic) bond motifs is 2. The van der Waals surface area contributed by atoms with Crippen LogP contribution in [0, 0.1) is 0 Å². The molecule has 0 fully saturated rings. The molecule has 2 aromatic rings. The zero-order valence-corrected chi connectivity index (χ0v) is 16.9. The van der Waals surface area contributed by atoms with E-state index >= 15 is 0 Å². The van der Waals surface area contributed by atoms with Gasteiger partial charge in [-0.25, -0.2) is 4.98 Å². The molecule has 4 rings (SSSR count). The fraction of sp³-hybridized carbons (Fsp3) is 0.476. The monoisotopic (exact) mass is 398 g/mol. The highest BCUT2D eigenvalue weighted by Crippen LogP contribution is 2.32. The van der Waals surface area contributed by atoms with Gasteiger partial charge in [-0.2, -0.15) is 0 Å². The minimum atomic E-state index is -0.274. The lowest BCUT2D eigenvalue weighted by molar-refractivity contribution is 0.0766. The molecule has 2 aliphatic heterocycles. The smallest absolute Gasteiger partial charge is 0.287 e. The molecule has 3 heterocycles. The summed E-state index contributed by atoms with van der Waals surface area (Å²) in [5.74, 6) is 1.33. The van der Waals surface area contributed by atoms with Gasteiger partial charge in [0, 0.05) is 26.2 Å². The van der Waals surface area contributed by atoms with Crippen molar-refractivity contribution >= 4 is 11.8 Å². The standard InChI is InChI=1S/C21H26N4O4/c1-3-24(4-2)21(27)18-15-7-5-6-10-25(15)19(23-18)20(26)22-12-14-8-9-16-17(11-14)29-13-28-16/h8-9,11H,3-7,10,12-13H2,1-2H3,(H,22,26). The molecule has 1 aromatic heterocycles. The van der Waals surface area contributed by atoms with Gasteiger partial charge in [-0.05, 0) is 50.8 Å². The zero-order chi connectivity index (χ0) is 20.4. The van der Waals surface area contributed by atoms with Crippen molar-refractivity contribution in [3.63, 3.8) is 0 Å². The Kier molecular flexibility index (Phi) is 5.42. The van der Waals surface area contributed by atoms with Crippen molar-refractivity contribution in [2.75, 3.05) is 19.9 Å². The summed E-state index contributed by atoms with van der Waals surface area (Å²) in [6, 6.07) is 5.59. The molecule has 0 atom stereocenters. The molecule has 0 spiro atoms. The summed E-state index contributed by atoms with van der Waals surface area (Å²) in [7, 11) is 0. The van der Waals surface area contributed by atoms with Crippen molar-refractivity contribution < 1.29 is 19.1 Å². The molecule has 1 aromatic carbocycles. The van der Waals surface area contributed by atoms with Crippen molar-refractivity contribution in [3.8, 4) is 11.5 Å². The van der Waals surface area contributed by atoms with E-state index in [2.05, 4.69) is 10.3 Å². The molecule has 0 unspecified atom stereocenters. The van der Waals surface area contributed by atoms with Crippen LogP contribution in [-0.2, 0) is 19.5 Å². The van der Waals surface area contributed by atoms with Gasteiger partial charge in [0.15, 0.2) is 17.3 Å². The number of hydrogen-bond donors (Lipinski definition) is 1. The first-order valence-electron chi connectivity index (χ1n) is 10.2. The molecule has 0 saturated heterocycles. The third kappa shape index (κ3) is 3.66. The second-order valence-electron chi connectivity index (χ2n) is 7.19. The van der Waals surface area contributed by atoms with Crippen LogP contribution in [0.15, 0.2) is 18.2 Å². The SMILES string of the molecule is CCN(CC)C(=O)c1nc(C(=O)NCc2ccc3c(c2)OCO3)n2c1CCCC2. The Labute approximate surface area is 169 Å². The normalized spacial score (nSPS) is 14.4. The van der Waals surface area contributed by atoms with Crippen LogP contribution in [0.1, 0.15) is 59.1 Å². The fourth-order valence-electron chi connectivity index (χ4n) is 3.86. The number of imidazole rings is 1. The van der Waals surface area contributed by atoms with E-state index in [-0.39, 0.29) is 18.6 Å². The summed E-state index contributed by atoms with van der Waals surface area (Å²) in [4.78, 5) is 32.0. The number of ether oxygens (including phenoxy) is 2. The first-order valence-corrected chi connectivity index (χ1v) is 10.2. The van der Waals surface area contributed by atoms with Crippen molar-refractivity contribution in [3.05, 3.63) is 41.0 Å². The van der Waals surface area contributed by atoms with Crippen LogP contribution in [0.2, 0.25) is 0 Å². The van der Waals surface area contributed by atoms with Gasteiger partial charge in [-0.1, -0.05) is 6.07 Å². The van der Waals surface area contributed by atoms with Crippen LogP contribution < -0.4 is 14.8 Å². The maximum absolute atomic E-state index is 12.9. The van der Waals surface area contributed by atoms with Gasteiger partial charge in [-0.3, -0.25) is 9.59 Å². The summed E-state index contributed by atoms with van der Waals surface area (Å²) in [6.45, 7) is 6.40. The van der Waals surface area contributed by atoms with Crippen molar-refractivity contribution in [2.24, 2.45) is 0 Å². The number of hydrogen-bond acceptors (Lipinski definition) is 5. The molecule has 8 heteroatoms. The number of carbonyl (C=O) groups excluding carboxylic acids is 2. The number of nitrogens with one attached hydrogen (secondary N) is 1. The van der Waals surface area contributed by atoms with Gasteiger partial charge < -0.3 is 24.3 Å². The molecule has 29 heavy (non-hydrogen) atoms. The summed E-state index contributed by atoms with van der Waals surface area (Å²) in [6.07, 6.45) is 2.75. The average molecular weight is 398 g/mol. The van der Waals surface area contributed by atoms with Crippen LogP contribution in [0.5, 0.6) is 11.5 Å². The zero-order valence-electron chi connectivity index (χ0n) is 16.9. The Balaban J connectivity index is 1.54. The van der Waals surface area contributed by atoms with E-state index in [4.69, 9.17) is 9.47 Å². The largest absolute Gasteiger partial charge is 0.454 e. The number of rotatable bonds is 6. The predicted molar refractivity (Wildman–Crippen MR) is 106 cm³/mol. The third-order valence-corrected chi connectivity index (χ3v) is 5.46. The maximum atomic E-state index is 12.9. The van der Waals surface area contributed by atoms with Crippen LogP contribution in [0.4, 0.5) is 0 Å². The number of aromatic nitrogens is 2. The van der Waals surface area contributed by atoms with E-state index in [1.54, 1.807) is 4.90 Å².